The topological polar surface area (TPSA) is 42.7 Å². The van der Waals surface area contributed by atoms with Crippen molar-refractivity contribution in [2.24, 2.45) is 5.92 Å². The molecule has 4 nitrogen and oxygen atoms in total. The maximum absolute atomic E-state index is 4.83. The standard InChI is InChI=1S/C15H19BrN4/c1-10(2)8-12-14(16)15-18-7-5-13(20(15)19-12)11-4-3-6-17-9-11/h3-4,6,9-10,13,18H,5,7-8H2,1-2H3. The molecule has 2 aromatic heterocycles. The molecule has 1 aliphatic rings. The quantitative estimate of drug-likeness (QED) is 0.931. The lowest BCUT2D eigenvalue weighted by Crippen LogP contribution is -2.24. The van der Waals surface area contributed by atoms with Gasteiger partial charge in [0.05, 0.1) is 16.2 Å². The fourth-order valence-electron chi connectivity index (χ4n) is 2.69. The summed E-state index contributed by atoms with van der Waals surface area (Å²) in [6.45, 7) is 5.40. The SMILES string of the molecule is CC(C)Cc1nn2c(c1Br)NCCC2c1cccnc1. The largest absolute Gasteiger partial charge is 0.369 e. The van der Waals surface area contributed by atoms with Gasteiger partial charge in [-0.1, -0.05) is 19.9 Å². The van der Waals surface area contributed by atoms with Crippen molar-refractivity contribution < 1.29 is 0 Å². The lowest BCUT2D eigenvalue weighted by Gasteiger charge is -2.25. The van der Waals surface area contributed by atoms with Gasteiger partial charge in [0.25, 0.3) is 0 Å². The zero-order chi connectivity index (χ0) is 14.1. The van der Waals surface area contributed by atoms with E-state index in [1.807, 2.05) is 18.5 Å². The van der Waals surface area contributed by atoms with E-state index in [1.54, 1.807) is 0 Å². The van der Waals surface area contributed by atoms with Crippen LogP contribution in [-0.2, 0) is 6.42 Å². The Morgan fingerprint density at radius 1 is 1.50 bits per heavy atom. The fraction of sp³-hybridized carbons (Fsp3) is 0.467. The summed E-state index contributed by atoms with van der Waals surface area (Å²) >= 11 is 3.70. The molecule has 0 fully saturated rings. The highest BCUT2D eigenvalue weighted by molar-refractivity contribution is 9.10. The molecular weight excluding hydrogens is 316 g/mol. The summed E-state index contributed by atoms with van der Waals surface area (Å²) in [7, 11) is 0. The first-order valence-electron chi connectivity index (χ1n) is 7.07. The van der Waals surface area contributed by atoms with Crippen LogP contribution in [0.25, 0.3) is 0 Å². The van der Waals surface area contributed by atoms with Crippen molar-refractivity contribution in [2.75, 3.05) is 11.9 Å². The van der Waals surface area contributed by atoms with Gasteiger partial charge in [0.1, 0.15) is 5.82 Å². The van der Waals surface area contributed by atoms with Gasteiger partial charge in [-0.15, -0.1) is 0 Å². The first-order valence-corrected chi connectivity index (χ1v) is 7.86. The third kappa shape index (κ3) is 2.46. The van der Waals surface area contributed by atoms with E-state index in [1.165, 1.54) is 5.56 Å². The summed E-state index contributed by atoms with van der Waals surface area (Å²) in [6, 6.07) is 4.40. The molecule has 3 rings (SSSR count). The molecule has 0 bridgehead atoms. The molecule has 0 amide bonds. The normalized spacial score (nSPS) is 17.9. The van der Waals surface area contributed by atoms with Gasteiger partial charge < -0.3 is 5.32 Å². The van der Waals surface area contributed by atoms with Gasteiger partial charge in [0.15, 0.2) is 0 Å². The molecule has 20 heavy (non-hydrogen) atoms. The van der Waals surface area contributed by atoms with Gasteiger partial charge in [0, 0.05) is 18.9 Å². The Labute approximate surface area is 127 Å². The average molecular weight is 335 g/mol. The summed E-state index contributed by atoms with van der Waals surface area (Å²) in [5, 5.41) is 8.29. The van der Waals surface area contributed by atoms with Crippen molar-refractivity contribution in [2.45, 2.75) is 32.7 Å². The van der Waals surface area contributed by atoms with Crippen LogP contribution < -0.4 is 5.32 Å². The second-order valence-corrected chi connectivity index (χ2v) is 6.46. The van der Waals surface area contributed by atoms with Gasteiger partial charge in [-0.05, 0) is 46.3 Å². The van der Waals surface area contributed by atoms with Crippen LogP contribution in [0.5, 0.6) is 0 Å². The molecule has 5 heteroatoms. The number of rotatable bonds is 3. The summed E-state index contributed by atoms with van der Waals surface area (Å²) in [4.78, 5) is 4.24. The molecular formula is C15H19BrN4. The number of aromatic nitrogens is 3. The van der Waals surface area contributed by atoms with Crippen molar-refractivity contribution in [3.63, 3.8) is 0 Å². The first kappa shape index (κ1) is 13.6. The number of halogens is 1. The van der Waals surface area contributed by atoms with Gasteiger partial charge in [0.2, 0.25) is 0 Å². The number of anilines is 1. The van der Waals surface area contributed by atoms with Crippen LogP contribution >= 0.6 is 15.9 Å². The van der Waals surface area contributed by atoms with E-state index in [0.29, 0.717) is 5.92 Å². The van der Waals surface area contributed by atoms with Crippen LogP contribution in [-0.4, -0.2) is 21.3 Å². The number of hydrogen-bond acceptors (Lipinski definition) is 3. The predicted molar refractivity (Wildman–Crippen MR) is 84.0 cm³/mol. The minimum absolute atomic E-state index is 0.275. The maximum Gasteiger partial charge on any atom is 0.139 e. The van der Waals surface area contributed by atoms with Crippen molar-refractivity contribution in [1.82, 2.24) is 14.8 Å². The summed E-state index contributed by atoms with van der Waals surface area (Å²) in [5.74, 6) is 1.70. The minimum atomic E-state index is 0.275. The number of hydrogen-bond donors (Lipinski definition) is 1. The van der Waals surface area contributed by atoms with E-state index in [4.69, 9.17) is 5.10 Å². The zero-order valence-corrected chi connectivity index (χ0v) is 13.4. The maximum atomic E-state index is 4.83. The van der Waals surface area contributed by atoms with Crippen molar-refractivity contribution in [1.29, 1.82) is 0 Å². The summed E-state index contributed by atoms with van der Waals surface area (Å²) in [6.07, 6.45) is 5.78. The fourth-order valence-corrected chi connectivity index (χ4v) is 3.26. The minimum Gasteiger partial charge on any atom is -0.369 e. The molecule has 0 saturated carbocycles. The van der Waals surface area contributed by atoms with Crippen molar-refractivity contribution in [3.05, 3.63) is 40.3 Å². The molecule has 1 unspecified atom stereocenters. The van der Waals surface area contributed by atoms with E-state index >= 15 is 0 Å². The van der Waals surface area contributed by atoms with Crippen molar-refractivity contribution in [3.8, 4) is 0 Å². The Balaban J connectivity index is 2.01. The van der Waals surface area contributed by atoms with Crippen LogP contribution in [0.15, 0.2) is 29.0 Å². The Morgan fingerprint density at radius 3 is 3.05 bits per heavy atom. The number of nitrogens with zero attached hydrogens (tertiary/aromatic N) is 3. The monoisotopic (exact) mass is 334 g/mol. The molecule has 0 aliphatic carbocycles. The van der Waals surface area contributed by atoms with Crippen LogP contribution in [0.2, 0.25) is 0 Å². The molecule has 1 N–H and O–H groups in total. The molecule has 0 saturated heterocycles. The third-order valence-electron chi connectivity index (χ3n) is 3.60. The number of pyridine rings is 1. The van der Waals surface area contributed by atoms with Gasteiger partial charge >= 0.3 is 0 Å². The van der Waals surface area contributed by atoms with Crippen LogP contribution in [0.4, 0.5) is 5.82 Å². The third-order valence-corrected chi connectivity index (χ3v) is 4.43. The zero-order valence-electron chi connectivity index (χ0n) is 11.8. The van der Waals surface area contributed by atoms with Crippen molar-refractivity contribution >= 4 is 21.7 Å². The Morgan fingerprint density at radius 2 is 2.35 bits per heavy atom. The lowest BCUT2D eigenvalue weighted by molar-refractivity contribution is 0.473. The molecule has 106 valence electrons. The molecule has 0 aromatic carbocycles. The van der Waals surface area contributed by atoms with E-state index in [9.17, 15) is 0 Å². The second kappa shape index (κ2) is 5.56. The molecule has 3 heterocycles. The predicted octanol–water partition coefficient (Wildman–Crippen LogP) is 3.64. The average Bonchev–Trinajstić information content (AvgIpc) is 2.76. The Hall–Kier alpha value is -1.36. The molecule has 1 aliphatic heterocycles. The highest BCUT2D eigenvalue weighted by Gasteiger charge is 2.26. The molecule has 0 spiro atoms. The van der Waals surface area contributed by atoms with Crippen LogP contribution in [0.1, 0.15) is 37.6 Å². The van der Waals surface area contributed by atoms with E-state index in [-0.39, 0.29) is 6.04 Å². The highest BCUT2D eigenvalue weighted by Crippen LogP contribution is 2.36. The molecule has 0 radical (unpaired) electrons. The summed E-state index contributed by atoms with van der Waals surface area (Å²) < 4.78 is 3.22. The molecule has 2 aromatic rings. The smallest absolute Gasteiger partial charge is 0.139 e. The van der Waals surface area contributed by atoms with Crippen LogP contribution in [0.3, 0.4) is 0 Å². The van der Waals surface area contributed by atoms with E-state index in [0.717, 1.165) is 35.4 Å². The van der Waals surface area contributed by atoms with Gasteiger partial charge in [-0.2, -0.15) is 5.10 Å². The highest BCUT2D eigenvalue weighted by atomic mass is 79.9. The first-order chi connectivity index (χ1) is 9.66. The van der Waals surface area contributed by atoms with Gasteiger partial charge in [-0.3, -0.25) is 4.98 Å². The second-order valence-electron chi connectivity index (χ2n) is 5.67. The summed E-state index contributed by atoms with van der Waals surface area (Å²) in [5.41, 5.74) is 2.36. The number of fused-ring (bicyclic) bond motifs is 1. The lowest BCUT2D eigenvalue weighted by atomic mass is 10.0. The van der Waals surface area contributed by atoms with E-state index in [2.05, 4.69) is 50.8 Å². The van der Waals surface area contributed by atoms with Crippen LogP contribution in [0, 0.1) is 5.92 Å². The Bertz CT molecular complexity index is 591. The van der Waals surface area contributed by atoms with Gasteiger partial charge in [-0.25, -0.2) is 4.68 Å². The molecule has 1 atom stereocenters. The Kier molecular flexibility index (Phi) is 3.78. The number of nitrogens with one attached hydrogen (secondary N) is 1. The van der Waals surface area contributed by atoms with E-state index < -0.39 is 0 Å².